The van der Waals surface area contributed by atoms with Gasteiger partial charge in [-0.3, -0.25) is 4.79 Å². The number of carbonyl (C=O) groups excluding carboxylic acids is 1. The highest BCUT2D eigenvalue weighted by molar-refractivity contribution is 7.91. The molecule has 1 aliphatic rings. The largest absolute Gasteiger partial charge is 0.395 e. The number of halogens is 1. The quantitative estimate of drug-likeness (QED) is 0.589. The zero-order valence-corrected chi connectivity index (χ0v) is 10.1. The van der Waals surface area contributed by atoms with Crippen LogP contribution in [0.3, 0.4) is 0 Å². The summed E-state index contributed by atoms with van der Waals surface area (Å²) in [5.74, 6) is -1.42. The molecule has 0 radical (unpaired) electrons. The van der Waals surface area contributed by atoms with E-state index >= 15 is 0 Å². The van der Waals surface area contributed by atoms with Crippen LogP contribution >= 0.6 is 11.6 Å². The molecule has 1 amide bonds. The van der Waals surface area contributed by atoms with E-state index in [9.17, 15) is 18.3 Å². The van der Waals surface area contributed by atoms with Crippen molar-refractivity contribution in [3.8, 4) is 0 Å². The Balaban J connectivity index is 2.83. The Morgan fingerprint density at radius 3 is 2.44 bits per heavy atom. The molecule has 1 fully saturated rings. The molecule has 8 heteroatoms. The van der Waals surface area contributed by atoms with Crippen molar-refractivity contribution in [3.63, 3.8) is 0 Å². The first-order valence-corrected chi connectivity index (χ1v) is 7.11. The van der Waals surface area contributed by atoms with Crippen LogP contribution in [-0.4, -0.2) is 72.1 Å². The molecule has 16 heavy (non-hydrogen) atoms. The van der Waals surface area contributed by atoms with Gasteiger partial charge in [0.1, 0.15) is 5.88 Å². The van der Waals surface area contributed by atoms with Gasteiger partial charge in [-0.25, -0.2) is 8.42 Å². The fourth-order valence-corrected chi connectivity index (χ4v) is 3.72. The van der Waals surface area contributed by atoms with Gasteiger partial charge in [0.2, 0.25) is 5.91 Å². The molecule has 0 bridgehead atoms. The highest BCUT2D eigenvalue weighted by atomic mass is 35.5. The fourth-order valence-electron chi connectivity index (χ4n) is 1.77. The number of amides is 1. The minimum Gasteiger partial charge on any atom is -0.395 e. The van der Waals surface area contributed by atoms with E-state index in [4.69, 9.17) is 16.7 Å². The lowest BCUT2D eigenvalue weighted by Crippen LogP contribution is -2.48. The third-order valence-corrected chi connectivity index (χ3v) is 4.40. The van der Waals surface area contributed by atoms with Crippen LogP contribution < -0.4 is 0 Å². The van der Waals surface area contributed by atoms with Gasteiger partial charge >= 0.3 is 0 Å². The van der Waals surface area contributed by atoms with Crippen LogP contribution in [0.4, 0.5) is 0 Å². The van der Waals surface area contributed by atoms with Gasteiger partial charge in [0, 0.05) is 6.54 Å². The Kier molecular flexibility index (Phi) is 4.54. The lowest BCUT2D eigenvalue weighted by atomic mass is 10.2. The van der Waals surface area contributed by atoms with E-state index in [1.165, 1.54) is 0 Å². The molecule has 2 N–H and O–H groups in total. The van der Waals surface area contributed by atoms with Gasteiger partial charge in [-0.05, 0) is 0 Å². The Bertz CT molecular complexity index is 357. The van der Waals surface area contributed by atoms with Gasteiger partial charge in [0.15, 0.2) is 9.84 Å². The predicted octanol–water partition coefficient (Wildman–Crippen LogP) is -1.80. The molecule has 0 unspecified atom stereocenters. The van der Waals surface area contributed by atoms with Crippen molar-refractivity contribution in [2.75, 3.05) is 30.5 Å². The Morgan fingerprint density at radius 1 is 1.44 bits per heavy atom. The van der Waals surface area contributed by atoms with E-state index < -0.39 is 27.9 Å². The van der Waals surface area contributed by atoms with Crippen LogP contribution in [-0.2, 0) is 14.6 Å². The first-order chi connectivity index (χ1) is 7.41. The summed E-state index contributed by atoms with van der Waals surface area (Å²) in [5.41, 5.74) is 0. The summed E-state index contributed by atoms with van der Waals surface area (Å²) in [6.45, 7) is -0.325. The second kappa shape index (κ2) is 5.31. The van der Waals surface area contributed by atoms with Crippen molar-refractivity contribution in [2.45, 2.75) is 12.1 Å². The third kappa shape index (κ3) is 3.07. The lowest BCUT2D eigenvalue weighted by Gasteiger charge is -2.28. The Morgan fingerprint density at radius 2 is 2.06 bits per heavy atom. The predicted molar refractivity (Wildman–Crippen MR) is 58.0 cm³/mol. The lowest BCUT2D eigenvalue weighted by molar-refractivity contribution is -0.132. The molecule has 1 rings (SSSR count). The van der Waals surface area contributed by atoms with Crippen LogP contribution in [0.5, 0.6) is 0 Å². The van der Waals surface area contributed by atoms with Gasteiger partial charge < -0.3 is 15.1 Å². The van der Waals surface area contributed by atoms with Crippen LogP contribution in [0.1, 0.15) is 0 Å². The number of alkyl halides is 1. The summed E-state index contributed by atoms with van der Waals surface area (Å²) < 4.78 is 22.6. The zero-order chi connectivity index (χ0) is 12.3. The number of hydrogen-bond donors (Lipinski definition) is 2. The standard InChI is InChI=1S/C8H14ClNO5S/c9-3-8(13)10(1-2-11)6-4-16(14,15)5-7(6)12/h6-7,11-12H,1-5H2/t6-,7+/m1/s1. The molecular formula is C8H14ClNO5S. The summed E-state index contributed by atoms with van der Waals surface area (Å²) in [6, 6.07) is -0.802. The topological polar surface area (TPSA) is 94.9 Å². The molecule has 0 aromatic carbocycles. The second-order valence-electron chi connectivity index (χ2n) is 3.66. The number of sulfone groups is 1. The first-order valence-electron chi connectivity index (χ1n) is 4.76. The van der Waals surface area contributed by atoms with E-state index in [0.717, 1.165) is 4.90 Å². The summed E-state index contributed by atoms with van der Waals surface area (Å²) in [6.07, 6.45) is -1.11. The summed E-state index contributed by atoms with van der Waals surface area (Å²) >= 11 is 5.38. The molecule has 1 heterocycles. The minimum atomic E-state index is -3.32. The maximum atomic E-state index is 11.4. The number of nitrogens with zero attached hydrogens (tertiary/aromatic N) is 1. The van der Waals surface area contributed by atoms with E-state index in [1.807, 2.05) is 0 Å². The molecular weight excluding hydrogens is 258 g/mol. The molecule has 0 spiro atoms. The van der Waals surface area contributed by atoms with E-state index in [-0.39, 0.29) is 30.5 Å². The number of aliphatic hydroxyl groups excluding tert-OH is 2. The highest BCUT2D eigenvalue weighted by Crippen LogP contribution is 2.18. The molecule has 1 aliphatic heterocycles. The monoisotopic (exact) mass is 271 g/mol. The Labute approximate surface area is 98.7 Å². The van der Waals surface area contributed by atoms with E-state index in [1.54, 1.807) is 0 Å². The van der Waals surface area contributed by atoms with Gasteiger partial charge in [0.05, 0.1) is 30.3 Å². The highest BCUT2D eigenvalue weighted by Gasteiger charge is 2.41. The van der Waals surface area contributed by atoms with Crippen molar-refractivity contribution in [1.82, 2.24) is 4.90 Å². The van der Waals surface area contributed by atoms with Crippen molar-refractivity contribution in [3.05, 3.63) is 0 Å². The molecule has 0 saturated carbocycles. The van der Waals surface area contributed by atoms with E-state index in [2.05, 4.69) is 0 Å². The smallest absolute Gasteiger partial charge is 0.237 e. The zero-order valence-electron chi connectivity index (χ0n) is 8.54. The SMILES string of the molecule is O=C(CCl)N(CCO)[C@@H]1CS(=O)(=O)C[C@@H]1O. The summed E-state index contributed by atoms with van der Waals surface area (Å²) in [7, 11) is -3.32. The number of hydrogen-bond acceptors (Lipinski definition) is 5. The first kappa shape index (κ1) is 13.7. The summed E-state index contributed by atoms with van der Waals surface area (Å²) in [5, 5.41) is 18.4. The van der Waals surface area contributed by atoms with Crippen molar-refractivity contribution < 1.29 is 23.4 Å². The van der Waals surface area contributed by atoms with Crippen molar-refractivity contribution in [1.29, 1.82) is 0 Å². The number of rotatable bonds is 4. The van der Waals surface area contributed by atoms with Gasteiger partial charge in [-0.1, -0.05) is 0 Å². The third-order valence-electron chi connectivity index (χ3n) is 2.47. The van der Waals surface area contributed by atoms with Gasteiger partial charge in [0.25, 0.3) is 0 Å². The van der Waals surface area contributed by atoms with Gasteiger partial charge in [-0.15, -0.1) is 11.6 Å². The Hall–Kier alpha value is -0.370. The average Bonchev–Trinajstić information content (AvgIpc) is 2.47. The maximum Gasteiger partial charge on any atom is 0.237 e. The van der Waals surface area contributed by atoms with Crippen molar-refractivity contribution >= 4 is 27.3 Å². The van der Waals surface area contributed by atoms with Crippen LogP contribution in [0.25, 0.3) is 0 Å². The number of aliphatic hydroxyl groups is 2. The van der Waals surface area contributed by atoms with Crippen LogP contribution in [0, 0.1) is 0 Å². The second-order valence-corrected chi connectivity index (χ2v) is 6.08. The summed E-state index contributed by atoms with van der Waals surface area (Å²) in [4.78, 5) is 12.5. The van der Waals surface area contributed by atoms with Crippen LogP contribution in [0.15, 0.2) is 0 Å². The minimum absolute atomic E-state index is 0.0250. The van der Waals surface area contributed by atoms with Gasteiger partial charge in [-0.2, -0.15) is 0 Å². The normalized spacial score (nSPS) is 27.9. The molecule has 0 aromatic heterocycles. The van der Waals surface area contributed by atoms with Crippen molar-refractivity contribution in [2.24, 2.45) is 0 Å². The van der Waals surface area contributed by atoms with Crippen LogP contribution in [0.2, 0.25) is 0 Å². The average molecular weight is 272 g/mol. The molecule has 0 aliphatic carbocycles. The molecule has 0 aromatic rings. The molecule has 1 saturated heterocycles. The fraction of sp³-hybridized carbons (Fsp3) is 0.875. The maximum absolute atomic E-state index is 11.4. The molecule has 6 nitrogen and oxygen atoms in total. The molecule has 2 atom stereocenters. The molecule has 94 valence electrons. The van der Waals surface area contributed by atoms with E-state index in [0.29, 0.717) is 0 Å². The number of carbonyl (C=O) groups is 1.